The van der Waals surface area contributed by atoms with E-state index >= 15 is 0 Å². The Morgan fingerprint density at radius 3 is 2.52 bits per heavy atom. The van der Waals surface area contributed by atoms with Gasteiger partial charge in [0.25, 0.3) is 11.5 Å². The van der Waals surface area contributed by atoms with Crippen LogP contribution < -0.4 is 16.6 Å². The minimum atomic E-state index is -0.747. The van der Waals surface area contributed by atoms with Crippen molar-refractivity contribution >= 4 is 16.9 Å². The van der Waals surface area contributed by atoms with Gasteiger partial charge < -0.3 is 5.32 Å². The number of benzene rings is 1. The highest BCUT2D eigenvalue weighted by Gasteiger charge is 2.28. The normalized spacial score (nSPS) is 13.6. The predicted molar refractivity (Wildman–Crippen MR) is 102 cm³/mol. The minimum Gasteiger partial charge on any atom is -0.348 e. The van der Waals surface area contributed by atoms with Crippen molar-refractivity contribution < 1.29 is 13.6 Å². The maximum Gasteiger partial charge on any atom is 0.329 e. The van der Waals surface area contributed by atoms with E-state index in [4.69, 9.17) is 0 Å². The number of pyridine rings is 1. The molecule has 9 heteroatoms. The fraction of sp³-hybridized carbons (Fsp3) is 0.300. The summed E-state index contributed by atoms with van der Waals surface area (Å²) >= 11 is 0. The van der Waals surface area contributed by atoms with Crippen molar-refractivity contribution in [2.75, 3.05) is 0 Å². The lowest BCUT2D eigenvalue weighted by atomic mass is 10.1. The number of carbonyl (C=O) groups excluding carboxylic acids is 1. The molecule has 0 aliphatic heterocycles. The fourth-order valence-corrected chi connectivity index (χ4v) is 3.34. The maximum atomic E-state index is 13.4. The van der Waals surface area contributed by atoms with E-state index in [9.17, 15) is 23.2 Å². The number of hydrogen-bond donors (Lipinski definition) is 2. The van der Waals surface area contributed by atoms with Crippen molar-refractivity contribution in [3.8, 4) is 0 Å². The number of halogens is 2. The number of aromatic nitrogens is 3. The van der Waals surface area contributed by atoms with Gasteiger partial charge in [0.2, 0.25) is 0 Å². The molecule has 7 nitrogen and oxygen atoms in total. The van der Waals surface area contributed by atoms with Gasteiger partial charge in [0.1, 0.15) is 11.6 Å². The summed E-state index contributed by atoms with van der Waals surface area (Å²) < 4.78 is 28.0. The van der Waals surface area contributed by atoms with Crippen LogP contribution in [0.5, 0.6) is 0 Å². The zero-order chi connectivity index (χ0) is 20.7. The lowest BCUT2D eigenvalue weighted by molar-refractivity contribution is 0.0952. The highest BCUT2D eigenvalue weighted by atomic mass is 19.1. The van der Waals surface area contributed by atoms with Crippen molar-refractivity contribution in [3.05, 3.63) is 73.6 Å². The third-order valence-corrected chi connectivity index (χ3v) is 4.90. The van der Waals surface area contributed by atoms with Gasteiger partial charge in [-0.15, -0.1) is 0 Å². The topological polar surface area (TPSA) is 96.9 Å². The first-order valence-corrected chi connectivity index (χ1v) is 9.28. The molecule has 150 valence electrons. The number of aromatic amines is 1. The highest BCUT2D eigenvalue weighted by molar-refractivity contribution is 6.05. The quantitative estimate of drug-likeness (QED) is 0.686. The summed E-state index contributed by atoms with van der Waals surface area (Å²) in [6.45, 7) is 1.89. The number of H-pyrrole nitrogens is 1. The molecule has 1 aliphatic rings. The Morgan fingerprint density at radius 1 is 1.21 bits per heavy atom. The van der Waals surface area contributed by atoms with Crippen LogP contribution in [0.25, 0.3) is 11.0 Å². The molecule has 0 spiro atoms. The largest absolute Gasteiger partial charge is 0.348 e. The molecule has 3 aromatic rings. The number of hydrogen-bond acceptors (Lipinski definition) is 4. The Bertz CT molecular complexity index is 1220. The van der Waals surface area contributed by atoms with Crippen LogP contribution in [-0.2, 0) is 13.1 Å². The Morgan fingerprint density at radius 2 is 1.90 bits per heavy atom. The number of carbonyl (C=O) groups is 1. The summed E-state index contributed by atoms with van der Waals surface area (Å²) in [4.78, 5) is 44.2. The van der Waals surface area contributed by atoms with Gasteiger partial charge in [0.15, 0.2) is 5.65 Å². The fourth-order valence-electron chi connectivity index (χ4n) is 3.34. The van der Waals surface area contributed by atoms with Crippen LogP contribution >= 0.6 is 0 Å². The number of amides is 1. The van der Waals surface area contributed by atoms with E-state index in [0.29, 0.717) is 5.69 Å². The molecule has 2 aromatic heterocycles. The summed E-state index contributed by atoms with van der Waals surface area (Å²) in [7, 11) is 0. The average Bonchev–Trinajstić information content (AvgIpc) is 3.50. The van der Waals surface area contributed by atoms with E-state index in [1.807, 2.05) is 0 Å². The third-order valence-electron chi connectivity index (χ3n) is 4.90. The van der Waals surface area contributed by atoms with E-state index < -0.39 is 28.8 Å². The summed E-state index contributed by atoms with van der Waals surface area (Å²) in [6.07, 6.45) is 1.84. The molecule has 0 atom stereocenters. The number of aryl methyl sites for hydroxylation is 1. The van der Waals surface area contributed by atoms with Crippen molar-refractivity contribution in [3.63, 3.8) is 0 Å². The standard InChI is InChI=1S/C20H18F2N4O3/c1-2-26-17-16(19(28)25-20(26)29)14(8-15(24-17)11-3-4-11)18(27)23-9-10-5-12(21)7-13(22)6-10/h5-8,11H,2-4,9H2,1H3,(H,23,27)(H,25,28,29). The predicted octanol–water partition coefficient (Wildman–Crippen LogP) is 2.19. The molecule has 29 heavy (non-hydrogen) atoms. The van der Waals surface area contributed by atoms with Crippen LogP contribution in [0, 0.1) is 11.6 Å². The molecule has 1 fully saturated rings. The number of nitrogens with zero attached hydrogens (tertiary/aromatic N) is 2. The molecule has 0 unspecified atom stereocenters. The molecule has 1 aromatic carbocycles. The lowest BCUT2D eigenvalue weighted by Crippen LogP contribution is -2.33. The SMILES string of the molecule is CCn1c(=O)[nH]c(=O)c2c(C(=O)NCc3cc(F)cc(F)c3)cc(C3CC3)nc21. The molecule has 2 N–H and O–H groups in total. The smallest absolute Gasteiger partial charge is 0.329 e. The van der Waals surface area contributed by atoms with Crippen molar-refractivity contribution in [2.45, 2.75) is 38.8 Å². The first-order valence-electron chi connectivity index (χ1n) is 9.28. The van der Waals surface area contributed by atoms with Gasteiger partial charge in [0, 0.05) is 30.8 Å². The summed E-state index contributed by atoms with van der Waals surface area (Å²) in [5, 5.41) is 2.60. The molecule has 1 aliphatic carbocycles. The van der Waals surface area contributed by atoms with Gasteiger partial charge in [0.05, 0.1) is 10.9 Å². The summed E-state index contributed by atoms with van der Waals surface area (Å²) in [5.74, 6) is -1.90. The molecule has 0 bridgehead atoms. The molecule has 1 amide bonds. The highest BCUT2D eigenvalue weighted by Crippen LogP contribution is 2.39. The molecule has 0 saturated heterocycles. The third kappa shape index (κ3) is 3.67. The Balaban J connectivity index is 1.78. The van der Waals surface area contributed by atoms with Gasteiger partial charge >= 0.3 is 5.69 Å². The van der Waals surface area contributed by atoms with Crippen LogP contribution in [-0.4, -0.2) is 20.4 Å². The van der Waals surface area contributed by atoms with Crippen LogP contribution in [0.3, 0.4) is 0 Å². The Labute approximate surface area is 163 Å². The molecule has 4 rings (SSSR count). The first-order chi connectivity index (χ1) is 13.9. The van der Waals surface area contributed by atoms with Crippen LogP contribution in [0.2, 0.25) is 0 Å². The lowest BCUT2D eigenvalue weighted by Gasteiger charge is -2.12. The van der Waals surface area contributed by atoms with Gasteiger partial charge in [-0.3, -0.25) is 19.1 Å². The molecule has 2 heterocycles. The maximum absolute atomic E-state index is 13.4. The minimum absolute atomic E-state index is 0.0128. The van der Waals surface area contributed by atoms with E-state index in [2.05, 4.69) is 15.3 Å². The Kier molecular flexibility index (Phi) is 4.73. The molecular weight excluding hydrogens is 382 g/mol. The average molecular weight is 400 g/mol. The molecular formula is C20H18F2N4O3. The van der Waals surface area contributed by atoms with Gasteiger partial charge in [-0.25, -0.2) is 18.6 Å². The summed E-state index contributed by atoms with van der Waals surface area (Å²) in [5.41, 5.74) is -0.161. The van der Waals surface area contributed by atoms with E-state index in [0.717, 1.165) is 31.0 Å². The Hall–Kier alpha value is -3.36. The van der Waals surface area contributed by atoms with Gasteiger partial charge in [-0.1, -0.05) is 0 Å². The number of rotatable bonds is 5. The second kappa shape index (κ2) is 7.23. The van der Waals surface area contributed by atoms with Crippen LogP contribution in [0.1, 0.15) is 47.3 Å². The number of fused-ring (bicyclic) bond motifs is 1. The zero-order valence-corrected chi connectivity index (χ0v) is 15.6. The van der Waals surface area contributed by atoms with E-state index in [1.165, 1.54) is 4.57 Å². The summed E-state index contributed by atoms with van der Waals surface area (Å²) in [6, 6.07) is 4.53. The van der Waals surface area contributed by atoms with Crippen LogP contribution in [0.4, 0.5) is 8.78 Å². The molecule has 0 radical (unpaired) electrons. The molecule has 1 saturated carbocycles. The first kappa shape index (κ1) is 19.0. The van der Waals surface area contributed by atoms with E-state index in [-0.39, 0.29) is 41.2 Å². The number of nitrogens with one attached hydrogen (secondary N) is 2. The van der Waals surface area contributed by atoms with Crippen LogP contribution in [0.15, 0.2) is 33.9 Å². The van der Waals surface area contributed by atoms with Crippen molar-refractivity contribution in [1.29, 1.82) is 0 Å². The second-order valence-electron chi connectivity index (χ2n) is 7.03. The van der Waals surface area contributed by atoms with Crippen molar-refractivity contribution in [1.82, 2.24) is 19.9 Å². The van der Waals surface area contributed by atoms with E-state index in [1.54, 1.807) is 13.0 Å². The monoisotopic (exact) mass is 400 g/mol. The van der Waals surface area contributed by atoms with Crippen molar-refractivity contribution in [2.24, 2.45) is 0 Å². The van der Waals surface area contributed by atoms with Gasteiger partial charge in [-0.05, 0) is 43.5 Å². The second-order valence-corrected chi connectivity index (χ2v) is 7.03. The zero-order valence-electron chi connectivity index (χ0n) is 15.6. The van der Waals surface area contributed by atoms with Gasteiger partial charge in [-0.2, -0.15) is 0 Å².